The van der Waals surface area contributed by atoms with Gasteiger partial charge in [0, 0.05) is 17.3 Å². The average Bonchev–Trinajstić information content (AvgIpc) is 2.56. The van der Waals surface area contributed by atoms with Crippen LogP contribution < -0.4 is 11.3 Å². The Hall–Kier alpha value is -0.450. The number of hydrogen-bond donors (Lipinski definition) is 2. The lowest BCUT2D eigenvalue weighted by molar-refractivity contribution is 0.396. The molecule has 0 aromatic carbocycles. The molecule has 0 saturated heterocycles. The molecule has 0 radical (unpaired) electrons. The van der Waals surface area contributed by atoms with E-state index in [0.29, 0.717) is 12.0 Å². The first-order chi connectivity index (χ1) is 7.56. The third-order valence-corrected chi connectivity index (χ3v) is 4.21. The summed E-state index contributed by atoms with van der Waals surface area (Å²) in [5, 5.41) is 1.20. The van der Waals surface area contributed by atoms with Crippen LogP contribution in [0.1, 0.15) is 42.3 Å². The van der Waals surface area contributed by atoms with Crippen LogP contribution in [0.25, 0.3) is 0 Å². The van der Waals surface area contributed by atoms with Crippen molar-refractivity contribution < 1.29 is 0 Å². The number of nitrogens with zero attached hydrogens (tertiary/aromatic N) is 1. The lowest BCUT2D eigenvalue weighted by Gasteiger charge is -2.18. The first kappa shape index (κ1) is 13.6. The van der Waals surface area contributed by atoms with Gasteiger partial charge >= 0.3 is 0 Å². The van der Waals surface area contributed by atoms with Crippen LogP contribution in [0.15, 0.2) is 0 Å². The van der Waals surface area contributed by atoms with Gasteiger partial charge in [-0.2, -0.15) is 0 Å². The van der Waals surface area contributed by atoms with E-state index in [2.05, 4.69) is 38.1 Å². The fourth-order valence-electron chi connectivity index (χ4n) is 1.70. The number of thiazole rings is 1. The van der Waals surface area contributed by atoms with Crippen LogP contribution in [0.4, 0.5) is 0 Å². The van der Waals surface area contributed by atoms with Crippen molar-refractivity contribution >= 4 is 11.3 Å². The molecule has 1 aromatic rings. The van der Waals surface area contributed by atoms with Crippen LogP contribution in [0.5, 0.6) is 0 Å². The van der Waals surface area contributed by atoms with E-state index in [-0.39, 0.29) is 0 Å². The Kier molecular flexibility index (Phi) is 5.38. The zero-order valence-corrected chi connectivity index (χ0v) is 11.5. The molecule has 4 heteroatoms. The van der Waals surface area contributed by atoms with E-state index in [4.69, 9.17) is 5.84 Å². The van der Waals surface area contributed by atoms with E-state index in [1.165, 1.54) is 16.3 Å². The zero-order chi connectivity index (χ0) is 12.1. The molecule has 0 aliphatic carbocycles. The Labute approximate surface area is 102 Å². The van der Waals surface area contributed by atoms with Gasteiger partial charge in [-0.05, 0) is 26.2 Å². The van der Waals surface area contributed by atoms with E-state index in [9.17, 15) is 0 Å². The van der Waals surface area contributed by atoms with Crippen molar-refractivity contribution in [2.75, 3.05) is 0 Å². The number of hydrogen-bond acceptors (Lipinski definition) is 4. The summed E-state index contributed by atoms with van der Waals surface area (Å²) < 4.78 is 0. The topological polar surface area (TPSA) is 50.9 Å². The molecule has 1 heterocycles. The van der Waals surface area contributed by atoms with Crippen molar-refractivity contribution in [3.8, 4) is 0 Å². The standard InChI is InChI=1S/C12H23N3S/c1-5-8(2)6-11(15-13)7-12-14-9(3)10(4)16-12/h8,11,15H,5-7,13H2,1-4H3. The first-order valence-electron chi connectivity index (χ1n) is 5.95. The number of aromatic nitrogens is 1. The van der Waals surface area contributed by atoms with Crippen LogP contribution in [0.2, 0.25) is 0 Å². The molecular weight excluding hydrogens is 218 g/mol. The minimum Gasteiger partial charge on any atom is -0.271 e. The molecule has 0 fully saturated rings. The molecule has 2 atom stereocenters. The Morgan fingerprint density at radius 2 is 2.12 bits per heavy atom. The highest BCUT2D eigenvalue weighted by atomic mass is 32.1. The third-order valence-electron chi connectivity index (χ3n) is 3.11. The monoisotopic (exact) mass is 241 g/mol. The van der Waals surface area contributed by atoms with Gasteiger partial charge in [-0.3, -0.25) is 11.3 Å². The van der Waals surface area contributed by atoms with Gasteiger partial charge in [0.2, 0.25) is 0 Å². The van der Waals surface area contributed by atoms with Crippen LogP contribution in [-0.4, -0.2) is 11.0 Å². The zero-order valence-electron chi connectivity index (χ0n) is 10.7. The van der Waals surface area contributed by atoms with E-state index in [0.717, 1.165) is 18.5 Å². The van der Waals surface area contributed by atoms with E-state index in [1.807, 2.05) is 0 Å². The molecular formula is C12H23N3S. The van der Waals surface area contributed by atoms with Gasteiger partial charge in [0.25, 0.3) is 0 Å². The highest BCUT2D eigenvalue weighted by molar-refractivity contribution is 7.11. The maximum absolute atomic E-state index is 5.60. The predicted molar refractivity (Wildman–Crippen MR) is 70.5 cm³/mol. The molecule has 0 aliphatic heterocycles. The summed E-state index contributed by atoms with van der Waals surface area (Å²) in [4.78, 5) is 5.87. The van der Waals surface area contributed by atoms with Crippen LogP contribution >= 0.6 is 11.3 Å². The molecule has 0 amide bonds. The van der Waals surface area contributed by atoms with Crippen molar-refractivity contribution in [3.05, 3.63) is 15.6 Å². The average molecular weight is 241 g/mol. The van der Waals surface area contributed by atoms with E-state index < -0.39 is 0 Å². The Balaban J connectivity index is 2.56. The maximum Gasteiger partial charge on any atom is 0.0946 e. The lowest BCUT2D eigenvalue weighted by Crippen LogP contribution is -2.37. The molecule has 92 valence electrons. The fourth-order valence-corrected chi connectivity index (χ4v) is 2.71. The second kappa shape index (κ2) is 6.33. The van der Waals surface area contributed by atoms with Crippen LogP contribution in [0, 0.1) is 19.8 Å². The van der Waals surface area contributed by atoms with Gasteiger partial charge in [-0.25, -0.2) is 4.98 Å². The molecule has 0 spiro atoms. The second-order valence-electron chi connectivity index (χ2n) is 4.57. The molecule has 3 N–H and O–H groups in total. The van der Waals surface area contributed by atoms with Gasteiger partial charge in [0.05, 0.1) is 10.7 Å². The van der Waals surface area contributed by atoms with Gasteiger partial charge < -0.3 is 0 Å². The first-order valence-corrected chi connectivity index (χ1v) is 6.77. The molecule has 0 saturated carbocycles. The van der Waals surface area contributed by atoms with Gasteiger partial charge in [-0.1, -0.05) is 20.3 Å². The summed E-state index contributed by atoms with van der Waals surface area (Å²) in [7, 11) is 0. The molecule has 0 bridgehead atoms. The smallest absolute Gasteiger partial charge is 0.0946 e. The Morgan fingerprint density at radius 1 is 1.44 bits per heavy atom. The number of rotatable bonds is 6. The quantitative estimate of drug-likeness (QED) is 0.594. The van der Waals surface area contributed by atoms with Crippen LogP contribution in [-0.2, 0) is 6.42 Å². The largest absolute Gasteiger partial charge is 0.271 e. The maximum atomic E-state index is 5.60. The lowest BCUT2D eigenvalue weighted by atomic mass is 9.98. The third kappa shape index (κ3) is 3.85. The van der Waals surface area contributed by atoms with Gasteiger partial charge in [-0.15, -0.1) is 11.3 Å². The Morgan fingerprint density at radius 3 is 2.56 bits per heavy atom. The van der Waals surface area contributed by atoms with E-state index in [1.54, 1.807) is 11.3 Å². The SMILES string of the molecule is CCC(C)CC(Cc1nc(C)c(C)s1)NN. The highest BCUT2D eigenvalue weighted by Crippen LogP contribution is 2.20. The minimum absolute atomic E-state index is 0.347. The molecule has 16 heavy (non-hydrogen) atoms. The summed E-state index contributed by atoms with van der Waals surface area (Å²) in [6, 6.07) is 0.347. The predicted octanol–water partition coefficient (Wildman–Crippen LogP) is 2.57. The van der Waals surface area contributed by atoms with E-state index >= 15 is 0 Å². The van der Waals surface area contributed by atoms with Crippen molar-refractivity contribution in [3.63, 3.8) is 0 Å². The summed E-state index contributed by atoms with van der Waals surface area (Å²) in [5.74, 6) is 6.31. The molecule has 1 aromatic heterocycles. The number of hydrazine groups is 1. The summed E-state index contributed by atoms with van der Waals surface area (Å²) in [5.41, 5.74) is 4.06. The second-order valence-corrected chi connectivity index (χ2v) is 5.85. The number of nitrogens with two attached hydrogens (primary N) is 1. The molecule has 0 aliphatic rings. The van der Waals surface area contributed by atoms with Crippen molar-refractivity contribution in [2.24, 2.45) is 11.8 Å². The molecule has 1 rings (SSSR count). The van der Waals surface area contributed by atoms with Gasteiger partial charge in [0.15, 0.2) is 0 Å². The normalized spacial score (nSPS) is 15.1. The van der Waals surface area contributed by atoms with Crippen molar-refractivity contribution in [1.82, 2.24) is 10.4 Å². The summed E-state index contributed by atoms with van der Waals surface area (Å²) >= 11 is 1.79. The van der Waals surface area contributed by atoms with Gasteiger partial charge in [0.1, 0.15) is 0 Å². The number of aryl methyl sites for hydroxylation is 2. The minimum atomic E-state index is 0.347. The molecule has 2 unspecified atom stereocenters. The van der Waals surface area contributed by atoms with Crippen molar-refractivity contribution in [2.45, 2.75) is 53.0 Å². The summed E-state index contributed by atoms with van der Waals surface area (Å²) in [6.07, 6.45) is 3.26. The van der Waals surface area contributed by atoms with Crippen LogP contribution in [0.3, 0.4) is 0 Å². The molecule has 3 nitrogen and oxygen atoms in total. The summed E-state index contributed by atoms with van der Waals surface area (Å²) in [6.45, 7) is 8.67. The number of nitrogens with one attached hydrogen (secondary N) is 1. The van der Waals surface area contributed by atoms with Crippen molar-refractivity contribution in [1.29, 1.82) is 0 Å². The highest BCUT2D eigenvalue weighted by Gasteiger charge is 2.14. The Bertz CT molecular complexity index is 303. The fraction of sp³-hybridized carbons (Fsp3) is 0.750.